The fourth-order valence-corrected chi connectivity index (χ4v) is 3.77. The molecule has 0 radical (unpaired) electrons. The molecule has 1 amide bonds. The number of carbonyl (C=O) groups is 1. The molecule has 2 aromatic heterocycles. The standard InChI is InChI=1S/C22H28N6O2/c1-15-14-26(21(29)30-22(2,3)4)11-12-27(15)19-13-16(9-10-24-19)28-18-8-6-5-7-17(18)20(23)25-28/h5-10,13,15H,11-12,14H2,1-4H3,(H2,23,25)/t15-/m1/s1. The summed E-state index contributed by atoms with van der Waals surface area (Å²) < 4.78 is 7.36. The summed E-state index contributed by atoms with van der Waals surface area (Å²) in [6.07, 6.45) is 1.51. The number of anilines is 2. The minimum absolute atomic E-state index is 0.105. The first-order valence-electron chi connectivity index (χ1n) is 10.2. The van der Waals surface area contributed by atoms with Gasteiger partial charge in [-0.2, -0.15) is 0 Å². The van der Waals surface area contributed by atoms with Crippen molar-refractivity contribution in [1.82, 2.24) is 19.7 Å². The molecule has 0 unspecified atom stereocenters. The van der Waals surface area contributed by atoms with Gasteiger partial charge in [0, 0.05) is 43.3 Å². The molecule has 1 aliphatic rings. The third-order valence-electron chi connectivity index (χ3n) is 5.16. The van der Waals surface area contributed by atoms with Gasteiger partial charge in [-0.3, -0.25) is 0 Å². The summed E-state index contributed by atoms with van der Waals surface area (Å²) >= 11 is 0. The van der Waals surface area contributed by atoms with Crippen molar-refractivity contribution in [1.29, 1.82) is 0 Å². The summed E-state index contributed by atoms with van der Waals surface area (Å²) in [5.41, 5.74) is 7.45. The van der Waals surface area contributed by atoms with E-state index in [9.17, 15) is 4.79 Å². The van der Waals surface area contributed by atoms with Crippen molar-refractivity contribution < 1.29 is 9.53 Å². The molecule has 1 aliphatic heterocycles. The van der Waals surface area contributed by atoms with Gasteiger partial charge in [0.2, 0.25) is 0 Å². The monoisotopic (exact) mass is 408 g/mol. The third-order valence-corrected chi connectivity index (χ3v) is 5.16. The molecule has 1 fully saturated rings. The second-order valence-electron chi connectivity index (χ2n) is 8.66. The second kappa shape index (κ2) is 7.51. The minimum Gasteiger partial charge on any atom is -0.444 e. The topological polar surface area (TPSA) is 89.5 Å². The molecular weight excluding hydrogens is 380 g/mol. The smallest absolute Gasteiger partial charge is 0.410 e. The van der Waals surface area contributed by atoms with Gasteiger partial charge in [-0.15, -0.1) is 5.10 Å². The molecule has 0 spiro atoms. The number of fused-ring (bicyclic) bond motifs is 1. The number of hydrogen-bond acceptors (Lipinski definition) is 6. The van der Waals surface area contributed by atoms with Crippen LogP contribution < -0.4 is 10.6 Å². The highest BCUT2D eigenvalue weighted by molar-refractivity contribution is 5.90. The maximum Gasteiger partial charge on any atom is 0.410 e. The van der Waals surface area contributed by atoms with Crippen LogP contribution in [0.2, 0.25) is 0 Å². The van der Waals surface area contributed by atoms with Crippen molar-refractivity contribution in [2.45, 2.75) is 39.3 Å². The van der Waals surface area contributed by atoms with Crippen LogP contribution in [0.4, 0.5) is 16.4 Å². The van der Waals surface area contributed by atoms with Crippen LogP contribution >= 0.6 is 0 Å². The van der Waals surface area contributed by atoms with Gasteiger partial charge in [-0.05, 0) is 45.9 Å². The summed E-state index contributed by atoms with van der Waals surface area (Å²) in [7, 11) is 0. The Bertz CT molecular complexity index is 1070. The minimum atomic E-state index is -0.498. The zero-order chi connectivity index (χ0) is 21.5. The van der Waals surface area contributed by atoms with Crippen LogP contribution in [0.1, 0.15) is 27.7 Å². The number of hydrogen-bond donors (Lipinski definition) is 1. The Kier molecular flexibility index (Phi) is 5.01. The number of nitrogen functional groups attached to an aromatic ring is 1. The third kappa shape index (κ3) is 3.90. The number of nitrogens with zero attached hydrogens (tertiary/aromatic N) is 5. The molecule has 1 atom stereocenters. The van der Waals surface area contributed by atoms with Crippen molar-refractivity contribution in [3.63, 3.8) is 0 Å². The van der Waals surface area contributed by atoms with Crippen LogP contribution in [0.25, 0.3) is 16.6 Å². The number of benzene rings is 1. The summed E-state index contributed by atoms with van der Waals surface area (Å²) in [4.78, 5) is 21.0. The molecule has 8 nitrogen and oxygen atoms in total. The van der Waals surface area contributed by atoms with Crippen molar-refractivity contribution in [3.8, 4) is 5.69 Å². The van der Waals surface area contributed by atoms with E-state index >= 15 is 0 Å². The lowest BCUT2D eigenvalue weighted by Gasteiger charge is -2.40. The van der Waals surface area contributed by atoms with Crippen molar-refractivity contribution in [2.24, 2.45) is 0 Å². The number of amides is 1. The average molecular weight is 409 g/mol. The van der Waals surface area contributed by atoms with Crippen LogP contribution in [0, 0.1) is 0 Å². The molecule has 4 rings (SSSR count). The summed E-state index contributed by atoms with van der Waals surface area (Å²) in [6, 6.07) is 11.9. The Balaban J connectivity index is 1.55. The Labute approximate surface area is 176 Å². The number of rotatable bonds is 2. The van der Waals surface area contributed by atoms with Crippen molar-refractivity contribution >= 4 is 28.6 Å². The van der Waals surface area contributed by atoms with Crippen LogP contribution in [-0.2, 0) is 4.74 Å². The first-order valence-corrected chi connectivity index (χ1v) is 10.2. The van der Waals surface area contributed by atoms with Gasteiger partial charge in [-0.1, -0.05) is 12.1 Å². The van der Waals surface area contributed by atoms with Gasteiger partial charge in [0.1, 0.15) is 11.4 Å². The lowest BCUT2D eigenvalue weighted by molar-refractivity contribution is 0.0218. The Morgan fingerprint density at radius 1 is 1.20 bits per heavy atom. The lowest BCUT2D eigenvalue weighted by atomic mass is 10.2. The molecule has 0 aliphatic carbocycles. The molecule has 3 aromatic rings. The van der Waals surface area contributed by atoms with E-state index in [1.807, 2.05) is 61.9 Å². The van der Waals surface area contributed by atoms with Crippen molar-refractivity contribution in [2.75, 3.05) is 30.3 Å². The van der Waals surface area contributed by atoms with E-state index in [1.165, 1.54) is 0 Å². The van der Waals surface area contributed by atoms with Crippen LogP contribution in [0.3, 0.4) is 0 Å². The van der Waals surface area contributed by atoms with E-state index in [1.54, 1.807) is 11.1 Å². The molecule has 1 aromatic carbocycles. The number of pyridine rings is 1. The summed E-state index contributed by atoms with van der Waals surface area (Å²) in [6.45, 7) is 9.58. The van der Waals surface area contributed by atoms with E-state index in [2.05, 4.69) is 21.9 Å². The molecule has 8 heteroatoms. The fourth-order valence-electron chi connectivity index (χ4n) is 3.77. The van der Waals surface area contributed by atoms with Crippen molar-refractivity contribution in [3.05, 3.63) is 42.6 Å². The lowest BCUT2D eigenvalue weighted by Crippen LogP contribution is -2.54. The zero-order valence-electron chi connectivity index (χ0n) is 17.9. The summed E-state index contributed by atoms with van der Waals surface area (Å²) in [5.74, 6) is 1.35. The molecule has 0 bridgehead atoms. The van der Waals surface area contributed by atoms with E-state index in [4.69, 9.17) is 10.5 Å². The molecular formula is C22H28N6O2. The van der Waals surface area contributed by atoms with Gasteiger partial charge in [-0.25, -0.2) is 14.5 Å². The number of ether oxygens (including phenoxy) is 1. The molecule has 0 saturated carbocycles. The van der Waals surface area contributed by atoms with E-state index in [0.717, 1.165) is 22.4 Å². The van der Waals surface area contributed by atoms with Gasteiger partial charge < -0.3 is 20.3 Å². The van der Waals surface area contributed by atoms with E-state index in [-0.39, 0.29) is 12.1 Å². The first kappa shape index (κ1) is 20.0. The molecule has 158 valence electrons. The van der Waals surface area contributed by atoms with E-state index in [0.29, 0.717) is 25.5 Å². The second-order valence-corrected chi connectivity index (χ2v) is 8.66. The normalized spacial score (nSPS) is 17.4. The molecule has 30 heavy (non-hydrogen) atoms. The molecule has 1 saturated heterocycles. The van der Waals surface area contributed by atoms with Gasteiger partial charge in [0.25, 0.3) is 0 Å². The number of piperazine rings is 1. The Morgan fingerprint density at radius 2 is 1.97 bits per heavy atom. The highest BCUT2D eigenvalue weighted by Crippen LogP contribution is 2.26. The average Bonchev–Trinajstić information content (AvgIpc) is 3.04. The number of carbonyl (C=O) groups excluding carboxylic acids is 1. The number of para-hydroxylation sites is 1. The quantitative estimate of drug-likeness (QED) is 0.699. The number of nitrogens with two attached hydrogens (primary N) is 1. The molecule has 2 N–H and O–H groups in total. The highest BCUT2D eigenvalue weighted by Gasteiger charge is 2.30. The van der Waals surface area contributed by atoms with E-state index < -0.39 is 5.60 Å². The largest absolute Gasteiger partial charge is 0.444 e. The van der Waals surface area contributed by atoms with Gasteiger partial charge in [0.05, 0.1) is 11.2 Å². The van der Waals surface area contributed by atoms with Gasteiger partial charge >= 0.3 is 6.09 Å². The fraction of sp³-hybridized carbons (Fsp3) is 0.409. The Morgan fingerprint density at radius 3 is 2.70 bits per heavy atom. The summed E-state index contributed by atoms with van der Waals surface area (Å²) in [5, 5.41) is 5.44. The maximum atomic E-state index is 12.4. The highest BCUT2D eigenvalue weighted by atomic mass is 16.6. The first-order chi connectivity index (χ1) is 14.2. The van der Waals surface area contributed by atoms with Crippen LogP contribution in [-0.4, -0.2) is 57.0 Å². The predicted molar refractivity (Wildman–Crippen MR) is 118 cm³/mol. The van der Waals surface area contributed by atoms with Crippen LogP contribution in [0.15, 0.2) is 42.6 Å². The van der Waals surface area contributed by atoms with Crippen LogP contribution in [0.5, 0.6) is 0 Å². The Hall–Kier alpha value is -3.29. The zero-order valence-corrected chi connectivity index (χ0v) is 17.9. The maximum absolute atomic E-state index is 12.4. The molecule has 3 heterocycles. The van der Waals surface area contributed by atoms with Gasteiger partial charge in [0.15, 0.2) is 5.82 Å². The predicted octanol–water partition coefficient (Wildman–Crippen LogP) is 3.45. The number of aromatic nitrogens is 3. The SMILES string of the molecule is C[C@@H]1CN(C(=O)OC(C)(C)C)CCN1c1cc(-n2nc(N)c3ccccc32)ccn1.